The Morgan fingerprint density at radius 1 is 1.61 bits per heavy atom. The average Bonchev–Trinajstić information content (AvgIpc) is 2.36. The van der Waals surface area contributed by atoms with Crippen LogP contribution in [0.2, 0.25) is 5.02 Å². The number of benzene rings is 1. The third-order valence-electron chi connectivity index (χ3n) is 2.97. The molecule has 0 fully saturated rings. The molecule has 0 aliphatic carbocycles. The predicted molar refractivity (Wildman–Crippen MR) is 75.4 cm³/mol. The molecule has 0 saturated carbocycles. The number of ether oxygens (including phenoxy) is 1. The molecule has 0 bridgehead atoms. The Balaban J connectivity index is 2.01. The van der Waals surface area contributed by atoms with Gasteiger partial charge in [-0.25, -0.2) is 0 Å². The Labute approximate surface area is 117 Å². The van der Waals surface area contributed by atoms with E-state index >= 15 is 0 Å². The second-order valence-electron chi connectivity index (χ2n) is 4.39. The first-order valence-corrected chi connectivity index (χ1v) is 7.39. The molecule has 2 atom stereocenters. The first-order valence-electron chi connectivity index (χ1n) is 6.03. The van der Waals surface area contributed by atoms with Gasteiger partial charge >= 0.3 is 0 Å². The minimum Gasteiger partial charge on any atom is -0.389 e. The number of rotatable bonds is 5. The summed E-state index contributed by atoms with van der Waals surface area (Å²) in [5.41, 5.74) is 1.24. The highest BCUT2D eigenvalue weighted by atomic mass is 35.5. The maximum Gasteiger partial charge on any atom is 0.0897 e. The lowest BCUT2D eigenvalue weighted by Gasteiger charge is -2.27. The number of aliphatic hydroxyl groups is 1. The van der Waals surface area contributed by atoms with Gasteiger partial charge in [0.2, 0.25) is 0 Å². The molecule has 3 nitrogen and oxygen atoms in total. The molecule has 0 radical (unpaired) electrons. The third-order valence-corrected chi connectivity index (χ3v) is 4.33. The molecule has 2 N–H and O–H groups in total. The van der Waals surface area contributed by atoms with E-state index in [1.807, 2.05) is 23.9 Å². The van der Waals surface area contributed by atoms with Crippen LogP contribution >= 0.6 is 23.4 Å². The standard InChI is InChI=1S/C13H18ClNO2S/c1-17-8-10(16)7-15-12-4-5-18-13-3-2-9(14)6-11(12)13/h2-3,6,10,12,15-16H,4-5,7-8H2,1H3. The number of aliphatic hydroxyl groups excluding tert-OH is 1. The Bertz CT molecular complexity index is 403. The number of fused-ring (bicyclic) bond motifs is 1. The number of halogens is 1. The highest BCUT2D eigenvalue weighted by Gasteiger charge is 2.21. The molecule has 1 aliphatic rings. The van der Waals surface area contributed by atoms with Crippen LogP contribution in [0, 0.1) is 0 Å². The minimum atomic E-state index is -0.466. The van der Waals surface area contributed by atoms with Gasteiger partial charge in [0.15, 0.2) is 0 Å². The lowest BCUT2D eigenvalue weighted by Crippen LogP contribution is -2.34. The molecular weight excluding hydrogens is 270 g/mol. The van der Waals surface area contributed by atoms with Crippen molar-refractivity contribution in [2.45, 2.75) is 23.5 Å². The van der Waals surface area contributed by atoms with Gasteiger partial charge in [0.25, 0.3) is 0 Å². The zero-order valence-electron chi connectivity index (χ0n) is 10.4. The second-order valence-corrected chi connectivity index (χ2v) is 5.96. The fourth-order valence-corrected chi connectivity index (χ4v) is 3.39. The summed E-state index contributed by atoms with van der Waals surface area (Å²) in [6.07, 6.45) is 0.588. The van der Waals surface area contributed by atoms with Crippen LogP contribution in [-0.4, -0.2) is 37.2 Å². The summed E-state index contributed by atoms with van der Waals surface area (Å²) in [6, 6.07) is 6.28. The van der Waals surface area contributed by atoms with Crippen molar-refractivity contribution in [2.24, 2.45) is 0 Å². The van der Waals surface area contributed by atoms with Gasteiger partial charge in [0.05, 0.1) is 12.7 Å². The minimum absolute atomic E-state index is 0.270. The summed E-state index contributed by atoms with van der Waals surface area (Å²) in [6.45, 7) is 0.895. The Kier molecular flexibility index (Phi) is 5.33. The van der Waals surface area contributed by atoms with Crippen molar-refractivity contribution in [3.05, 3.63) is 28.8 Å². The second kappa shape index (κ2) is 6.78. The summed E-state index contributed by atoms with van der Waals surface area (Å²) < 4.78 is 4.92. The van der Waals surface area contributed by atoms with E-state index in [1.54, 1.807) is 7.11 Å². The summed E-state index contributed by atoms with van der Waals surface area (Å²) in [4.78, 5) is 1.28. The monoisotopic (exact) mass is 287 g/mol. The molecule has 2 rings (SSSR count). The summed E-state index contributed by atoms with van der Waals surface area (Å²) in [7, 11) is 1.59. The molecule has 1 heterocycles. The molecule has 100 valence electrons. The highest BCUT2D eigenvalue weighted by molar-refractivity contribution is 7.99. The number of thioether (sulfide) groups is 1. The summed E-state index contributed by atoms with van der Waals surface area (Å²) in [5, 5.41) is 13.8. The van der Waals surface area contributed by atoms with E-state index in [-0.39, 0.29) is 6.04 Å². The third kappa shape index (κ3) is 3.62. The first-order chi connectivity index (χ1) is 8.70. The predicted octanol–water partition coefficient (Wildman–Crippen LogP) is 2.47. The average molecular weight is 288 g/mol. The highest BCUT2D eigenvalue weighted by Crippen LogP contribution is 2.37. The molecular formula is C13H18ClNO2S. The largest absolute Gasteiger partial charge is 0.389 e. The van der Waals surface area contributed by atoms with Gasteiger partial charge in [-0.1, -0.05) is 11.6 Å². The van der Waals surface area contributed by atoms with Crippen molar-refractivity contribution in [2.75, 3.05) is 26.0 Å². The maximum atomic E-state index is 9.66. The SMILES string of the molecule is COCC(O)CNC1CCSc2ccc(Cl)cc21. The molecule has 1 aliphatic heterocycles. The van der Waals surface area contributed by atoms with Crippen LogP contribution in [0.1, 0.15) is 18.0 Å². The zero-order valence-corrected chi connectivity index (χ0v) is 11.9. The van der Waals surface area contributed by atoms with Crippen LogP contribution in [0.4, 0.5) is 0 Å². The summed E-state index contributed by atoms with van der Waals surface area (Å²) in [5.74, 6) is 1.09. The fourth-order valence-electron chi connectivity index (χ4n) is 2.11. The van der Waals surface area contributed by atoms with E-state index in [4.69, 9.17) is 16.3 Å². The molecule has 0 amide bonds. The molecule has 1 aromatic rings. The van der Waals surface area contributed by atoms with Crippen LogP contribution in [-0.2, 0) is 4.74 Å². The Morgan fingerprint density at radius 2 is 2.44 bits per heavy atom. The van der Waals surface area contributed by atoms with Crippen molar-refractivity contribution in [3.63, 3.8) is 0 Å². The van der Waals surface area contributed by atoms with E-state index < -0.39 is 6.10 Å². The molecule has 2 unspecified atom stereocenters. The molecule has 18 heavy (non-hydrogen) atoms. The van der Waals surface area contributed by atoms with Gasteiger partial charge in [-0.2, -0.15) is 0 Å². The molecule has 0 spiro atoms. The molecule has 1 aromatic carbocycles. The fraction of sp³-hybridized carbons (Fsp3) is 0.538. The van der Waals surface area contributed by atoms with E-state index in [0.717, 1.165) is 17.2 Å². The first kappa shape index (κ1) is 14.2. The topological polar surface area (TPSA) is 41.5 Å². The van der Waals surface area contributed by atoms with Crippen LogP contribution in [0.5, 0.6) is 0 Å². The van der Waals surface area contributed by atoms with Gasteiger partial charge in [0.1, 0.15) is 0 Å². The van der Waals surface area contributed by atoms with Crippen LogP contribution in [0.3, 0.4) is 0 Å². The smallest absolute Gasteiger partial charge is 0.0897 e. The van der Waals surface area contributed by atoms with E-state index in [1.165, 1.54) is 10.5 Å². The normalized spacial score (nSPS) is 20.5. The van der Waals surface area contributed by atoms with E-state index in [2.05, 4.69) is 11.4 Å². The van der Waals surface area contributed by atoms with Gasteiger partial charge in [-0.15, -0.1) is 11.8 Å². The number of nitrogens with one attached hydrogen (secondary N) is 1. The van der Waals surface area contributed by atoms with Crippen LogP contribution in [0.25, 0.3) is 0 Å². The lowest BCUT2D eigenvalue weighted by atomic mass is 10.0. The summed E-state index contributed by atoms with van der Waals surface area (Å²) >= 11 is 7.91. The van der Waals surface area contributed by atoms with Crippen molar-refractivity contribution >= 4 is 23.4 Å². The number of hydrogen-bond donors (Lipinski definition) is 2. The van der Waals surface area contributed by atoms with Crippen molar-refractivity contribution < 1.29 is 9.84 Å². The Morgan fingerprint density at radius 3 is 3.22 bits per heavy atom. The lowest BCUT2D eigenvalue weighted by molar-refractivity contribution is 0.0625. The Hall–Kier alpha value is -0.260. The van der Waals surface area contributed by atoms with Gasteiger partial charge in [0, 0.05) is 29.6 Å². The number of hydrogen-bond acceptors (Lipinski definition) is 4. The van der Waals surface area contributed by atoms with Gasteiger partial charge in [-0.3, -0.25) is 0 Å². The van der Waals surface area contributed by atoms with Crippen molar-refractivity contribution in [1.82, 2.24) is 5.32 Å². The van der Waals surface area contributed by atoms with Crippen LogP contribution < -0.4 is 5.32 Å². The number of methoxy groups -OCH3 is 1. The zero-order chi connectivity index (χ0) is 13.0. The van der Waals surface area contributed by atoms with Gasteiger partial charge < -0.3 is 15.2 Å². The molecule has 0 saturated heterocycles. The van der Waals surface area contributed by atoms with Crippen molar-refractivity contribution in [1.29, 1.82) is 0 Å². The van der Waals surface area contributed by atoms with Crippen LogP contribution in [0.15, 0.2) is 23.1 Å². The van der Waals surface area contributed by atoms with Crippen molar-refractivity contribution in [3.8, 4) is 0 Å². The quantitative estimate of drug-likeness (QED) is 0.873. The maximum absolute atomic E-state index is 9.66. The van der Waals surface area contributed by atoms with Gasteiger partial charge in [-0.05, 0) is 35.9 Å². The molecule has 0 aromatic heterocycles. The molecule has 5 heteroatoms. The van der Waals surface area contributed by atoms with E-state index in [0.29, 0.717) is 13.2 Å². The van der Waals surface area contributed by atoms with E-state index in [9.17, 15) is 5.11 Å².